The number of anilines is 1. The zero-order chi connectivity index (χ0) is 22.5. The molecule has 0 unspecified atom stereocenters. The van der Waals surface area contributed by atoms with Gasteiger partial charge in [-0.05, 0) is 31.9 Å². The summed E-state index contributed by atoms with van der Waals surface area (Å²) in [6.07, 6.45) is 4.66. The van der Waals surface area contributed by atoms with E-state index >= 15 is 0 Å². The first-order valence-corrected chi connectivity index (χ1v) is 11.5. The molecule has 0 fully saturated rings. The van der Waals surface area contributed by atoms with Crippen LogP contribution in [0.3, 0.4) is 0 Å². The summed E-state index contributed by atoms with van der Waals surface area (Å²) in [5.41, 5.74) is 0.208. The van der Waals surface area contributed by atoms with Gasteiger partial charge in [0.1, 0.15) is 22.4 Å². The molecule has 4 heterocycles. The van der Waals surface area contributed by atoms with Crippen molar-refractivity contribution in [1.29, 1.82) is 0 Å². The van der Waals surface area contributed by atoms with Crippen LogP contribution in [0.5, 0.6) is 0 Å². The summed E-state index contributed by atoms with van der Waals surface area (Å²) in [6.45, 7) is 2.25. The number of nitrogens with one attached hydrogen (secondary N) is 1. The monoisotopic (exact) mass is 460 g/mol. The van der Waals surface area contributed by atoms with E-state index in [4.69, 9.17) is 4.52 Å². The van der Waals surface area contributed by atoms with Crippen LogP contribution in [-0.4, -0.2) is 33.3 Å². The molecular formula is C20H18F2N6O3S. The lowest BCUT2D eigenvalue weighted by Gasteiger charge is -2.12. The van der Waals surface area contributed by atoms with Gasteiger partial charge in [-0.25, -0.2) is 22.2 Å². The van der Waals surface area contributed by atoms with E-state index in [0.29, 0.717) is 30.1 Å². The van der Waals surface area contributed by atoms with Crippen molar-refractivity contribution in [2.24, 2.45) is 0 Å². The van der Waals surface area contributed by atoms with Gasteiger partial charge in [0.15, 0.2) is 5.82 Å². The Labute approximate surface area is 181 Å². The van der Waals surface area contributed by atoms with Gasteiger partial charge in [-0.2, -0.15) is 0 Å². The fraction of sp³-hybridized carbons (Fsp3) is 0.300. The number of rotatable bonds is 4. The minimum Gasteiger partial charge on any atom is -0.336 e. The van der Waals surface area contributed by atoms with E-state index < -0.39 is 27.3 Å². The Morgan fingerprint density at radius 3 is 2.78 bits per heavy atom. The van der Waals surface area contributed by atoms with Crippen molar-refractivity contribution >= 4 is 26.8 Å². The Hall–Kier alpha value is -3.41. The molecule has 0 bridgehead atoms. The minimum absolute atomic E-state index is 0.0341. The van der Waals surface area contributed by atoms with Crippen LogP contribution in [0.2, 0.25) is 0 Å². The van der Waals surface area contributed by atoms with Crippen molar-refractivity contribution in [3.63, 3.8) is 0 Å². The Balaban J connectivity index is 1.54. The standard InChI is InChI=1S/C20H18F2N6O3S/c1-11-13-7-12(10-23-20(13)31-26-11)32(29,30)27-17-8-14(15(21)9-16(17)22)19-25-24-18-5-3-2-4-6-28(18)19/h7-10,27H,2-6H2,1H3. The number of nitrogens with zero attached hydrogens (tertiary/aromatic N) is 5. The predicted molar refractivity (Wildman–Crippen MR) is 110 cm³/mol. The van der Waals surface area contributed by atoms with Crippen LogP contribution >= 0.6 is 0 Å². The molecule has 0 atom stereocenters. The summed E-state index contributed by atoms with van der Waals surface area (Å²) in [5.74, 6) is -0.941. The third-order valence-electron chi connectivity index (χ3n) is 5.45. The molecule has 12 heteroatoms. The van der Waals surface area contributed by atoms with Crippen molar-refractivity contribution in [3.8, 4) is 11.4 Å². The van der Waals surface area contributed by atoms with Crippen molar-refractivity contribution in [3.05, 3.63) is 47.5 Å². The molecule has 0 amide bonds. The number of sulfonamides is 1. The quantitative estimate of drug-likeness (QED) is 0.495. The smallest absolute Gasteiger partial charge is 0.263 e. The summed E-state index contributed by atoms with van der Waals surface area (Å²) in [7, 11) is -4.23. The largest absolute Gasteiger partial charge is 0.336 e. The number of hydrogen-bond acceptors (Lipinski definition) is 7. The normalized spacial score (nSPS) is 14.3. The molecule has 0 spiro atoms. The van der Waals surface area contributed by atoms with Crippen LogP contribution in [-0.2, 0) is 23.0 Å². The van der Waals surface area contributed by atoms with Gasteiger partial charge in [0, 0.05) is 19.0 Å². The first kappa shape index (κ1) is 20.5. The summed E-state index contributed by atoms with van der Waals surface area (Å²) in [5, 5.41) is 12.4. The molecule has 1 aliphatic rings. The molecule has 3 aromatic heterocycles. The summed E-state index contributed by atoms with van der Waals surface area (Å²) in [6, 6.07) is 3.06. The van der Waals surface area contributed by atoms with Gasteiger partial charge in [0.25, 0.3) is 15.7 Å². The average Bonchev–Trinajstić information content (AvgIpc) is 3.24. The van der Waals surface area contributed by atoms with Gasteiger partial charge >= 0.3 is 0 Å². The predicted octanol–water partition coefficient (Wildman–Crippen LogP) is 3.60. The number of pyridine rings is 1. The molecule has 4 aromatic rings. The minimum atomic E-state index is -4.23. The first-order valence-electron chi connectivity index (χ1n) is 10.00. The van der Waals surface area contributed by atoms with Crippen LogP contribution < -0.4 is 4.72 Å². The lowest BCUT2D eigenvalue weighted by molar-refractivity contribution is 0.442. The van der Waals surface area contributed by atoms with Crippen molar-refractivity contribution < 1.29 is 21.7 Å². The second-order valence-corrected chi connectivity index (χ2v) is 9.29. The van der Waals surface area contributed by atoms with E-state index in [2.05, 4.69) is 25.1 Å². The molecule has 0 saturated heterocycles. The highest BCUT2D eigenvalue weighted by molar-refractivity contribution is 7.92. The molecule has 166 valence electrons. The fourth-order valence-corrected chi connectivity index (χ4v) is 4.79. The molecule has 0 aliphatic carbocycles. The molecule has 0 saturated carbocycles. The number of benzene rings is 1. The number of halogens is 2. The zero-order valence-electron chi connectivity index (χ0n) is 17.0. The third-order valence-corrected chi connectivity index (χ3v) is 6.78. The van der Waals surface area contributed by atoms with E-state index in [1.54, 1.807) is 11.5 Å². The van der Waals surface area contributed by atoms with Gasteiger partial charge in [0.2, 0.25) is 0 Å². The van der Waals surface area contributed by atoms with Gasteiger partial charge in [-0.15, -0.1) is 10.2 Å². The summed E-state index contributed by atoms with van der Waals surface area (Å²) >= 11 is 0. The molecule has 5 rings (SSSR count). The Bertz CT molecular complexity index is 1450. The highest BCUT2D eigenvalue weighted by atomic mass is 32.2. The number of hydrogen-bond donors (Lipinski definition) is 1. The summed E-state index contributed by atoms with van der Waals surface area (Å²) in [4.78, 5) is 3.73. The van der Waals surface area contributed by atoms with Crippen LogP contribution in [0.25, 0.3) is 22.5 Å². The Kier molecular flexibility index (Phi) is 4.88. The van der Waals surface area contributed by atoms with Gasteiger partial charge < -0.3 is 9.09 Å². The van der Waals surface area contributed by atoms with E-state index in [1.165, 1.54) is 6.07 Å². The molecule has 9 nitrogen and oxygen atoms in total. The molecule has 1 aromatic carbocycles. The first-order chi connectivity index (χ1) is 15.3. The maximum Gasteiger partial charge on any atom is 0.263 e. The Morgan fingerprint density at radius 2 is 1.94 bits per heavy atom. The Morgan fingerprint density at radius 1 is 1.09 bits per heavy atom. The van der Waals surface area contributed by atoms with Crippen molar-refractivity contribution in [1.82, 2.24) is 24.9 Å². The lowest BCUT2D eigenvalue weighted by atomic mass is 10.1. The van der Waals surface area contributed by atoms with Crippen molar-refractivity contribution in [2.75, 3.05) is 4.72 Å². The number of aryl methyl sites for hydroxylation is 2. The fourth-order valence-electron chi connectivity index (χ4n) is 3.76. The van der Waals surface area contributed by atoms with Gasteiger partial charge in [0.05, 0.1) is 28.5 Å². The van der Waals surface area contributed by atoms with Crippen LogP contribution in [0.15, 0.2) is 33.8 Å². The lowest BCUT2D eigenvalue weighted by Crippen LogP contribution is -2.15. The second kappa shape index (κ2) is 7.62. The maximum absolute atomic E-state index is 14.7. The van der Waals surface area contributed by atoms with Gasteiger partial charge in [-0.3, -0.25) is 4.72 Å². The molecule has 32 heavy (non-hydrogen) atoms. The van der Waals surface area contributed by atoms with Crippen LogP contribution in [0.1, 0.15) is 30.8 Å². The molecule has 1 aliphatic heterocycles. The third kappa shape index (κ3) is 3.49. The number of aromatic nitrogens is 5. The molecular weight excluding hydrogens is 442 g/mol. The number of fused-ring (bicyclic) bond motifs is 2. The highest BCUT2D eigenvalue weighted by Crippen LogP contribution is 2.31. The average molecular weight is 460 g/mol. The van der Waals surface area contributed by atoms with Crippen molar-refractivity contribution in [2.45, 2.75) is 44.0 Å². The highest BCUT2D eigenvalue weighted by Gasteiger charge is 2.24. The molecule has 1 N–H and O–H groups in total. The second-order valence-electron chi connectivity index (χ2n) is 7.61. The zero-order valence-corrected chi connectivity index (χ0v) is 17.8. The van der Waals surface area contributed by atoms with E-state index in [9.17, 15) is 17.2 Å². The van der Waals surface area contributed by atoms with E-state index in [0.717, 1.165) is 37.4 Å². The van der Waals surface area contributed by atoms with Crippen LogP contribution in [0.4, 0.5) is 14.5 Å². The van der Waals surface area contributed by atoms with E-state index in [1.807, 2.05) is 0 Å². The van der Waals surface area contributed by atoms with E-state index in [-0.39, 0.29) is 22.0 Å². The SMILES string of the molecule is Cc1noc2ncc(S(=O)(=O)Nc3cc(-c4nnc5n4CCCCC5)c(F)cc3F)cc12. The summed E-state index contributed by atoms with van der Waals surface area (Å²) < 4.78 is 64.0. The van der Waals surface area contributed by atoms with Crippen LogP contribution in [0, 0.1) is 18.6 Å². The van der Waals surface area contributed by atoms with Gasteiger partial charge in [-0.1, -0.05) is 11.6 Å². The topological polar surface area (TPSA) is 116 Å². The maximum atomic E-state index is 14.7. The molecule has 0 radical (unpaired) electrons.